The van der Waals surface area contributed by atoms with Crippen LogP contribution in [0.4, 0.5) is 10.5 Å². The number of carbonyl (C=O) groups is 1. The highest BCUT2D eigenvalue weighted by molar-refractivity contribution is 5.74. The fourth-order valence-corrected chi connectivity index (χ4v) is 3.68. The maximum Gasteiger partial charge on any atom is 0.317 e. The largest absolute Gasteiger partial charge is 0.486 e. The molecule has 0 spiro atoms. The Labute approximate surface area is 170 Å². The third-order valence-corrected chi connectivity index (χ3v) is 5.20. The lowest BCUT2D eigenvalue weighted by atomic mass is 10.1. The Kier molecular flexibility index (Phi) is 5.71. The van der Waals surface area contributed by atoms with Gasteiger partial charge in [0, 0.05) is 26.2 Å². The Balaban J connectivity index is 1.30. The molecule has 4 rings (SSSR count). The summed E-state index contributed by atoms with van der Waals surface area (Å²) in [5.41, 5.74) is 1.60. The number of urea groups is 1. The van der Waals surface area contributed by atoms with E-state index in [0.29, 0.717) is 44.1 Å². The third-order valence-electron chi connectivity index (χ3n) is 5.20. The van der Waals surface area contributed by atoms with E-state index in [1.165, 1.54) is 0 Å². The summed E-state index contributed by atoms with van der Waals surface area (Å²) >= 11 is 0. The molecule has 0 saturated carbocycles. The first-order chi connectivity index (χ1) is 14.2. The van der Waals surface area contributed by atoms with Crippen LogP contribution in [0, 0.1) is 11.3 Å². The first-order valence-corrected chi connectivity index (χ1v) is 9.90. The van der Waals surface area contributed by atoms with Gasteiger partial charge >= 0.3 is 6.03 Å². The quantitative estimate of drug-likeness (QED) is 0.869. The number of amides is 2. The SMILES string of the molecule is N#Cc1ccccc1N1CCCN(C(=O)NC[C@H]2COc3ccccc3O2)CC1. The molecule has 2 amide bonds. The Morgan fingerprint density at radius 1 is 1.07 bits per heavy atom. The molecule has 2 aromatic carbocycles. The van der Waals surface area contributed by atoms with Crippen LogP contribution in [0.15, 0.2) is 48.5 Å². The van der Waals surface area contributed by atoms with Crippen molar-refractivity contribution >= 4 is 11.7 Å². The van der Waals surface area contributed by atoms with Gasteiger partial charge in [-0.05, 0) is 30.7 Å². The van der Waals surface area contributed by atoms with Crippen LogP contribution < -0.4 is 19.7 Å². The minimum Gasteiger partial charge on any atom is -0.486 e. The van der Waals surface area contributed by atoms with Crippen LogP contribution in [-0.4, -0.2) is 56.4 Å². The third kappa shape index (κ3) is 4.37. The monoisotopic (exact) mass is 392 g/mol. The molecular weight excluding hydrogens is 368 g/mol. The molecule has 0 radical (unpaired) electrons. The number of nitrogens with zero attached hydrogens (tertiary/aromatic N) is 3. The summed E-state index contributed by atoms with van der Waals surface area (Å²) in [7, 11) is 0. The molecule has 1 N–H and O–H groups in total. The van der Waals surface area contributed by atoms with Crippen LogP contribution in [0.25, 0.3) is 0 Å². The zero-order chi connectivity index (χ0) is 20.1. The molecule has 1 saturated heterocycles. The van der Waals surface area contributed by atoms with Crippen molar-refractivity contribution in [1.82, 2.24) is 10.2 Å². The lowest BCUT2D eigenvalue weighted by Gasteiger charge is -2.28. The van der Waals surface area contributed by atoms with Gasteiger partial charge in [-0.3, -0.25) is 0 Å². The number of hydrogen-bond donors (Lipinski definition) is 1. The standard InChI is InChI=1S/C22H24N4O3/c23-14-17-6-1-2-7-19(17)25-10-5-11-26(13-12-25)22(27)24-15-18-16-28-20-8-3-4-9-21(20)29-18/h1-4,6-9,18H,5,10-13,15-16H2,(H,24,27)/t18-/m0/s1. The molecule has 29 heavy (non-hydrogen) atoms. The average Bonchev–Trinajstić information content (AvgIpc) is 3.03. The predicted octanol–water partition coefficient (Wildman–Crippen LogP) is 2.62. The molecule has 0 aliphatic carbocycles. The second kappa shape index (κ2) is 8.74. The maximum absolute atomic E-state index is 12.7. The van der Waals surface area contributed by atoms with E-state index in [2.05, 4.69) is 16.3 Å². The van der Waals surface area contributed by atoms with Gasteiger partial charge in [0.05, 0.1) is 17.8 Å². The van der Waals surface area contributed by atoms with Crippen LogP contribution in [-0.2, 0) is 0 Å². The summed E-state index contributed by atoms with van der Waals surface area (Å²) in [5, 5.41) is 12.3. The smallest absolute Gasteiger partial charge is 0.317 e. The first-order valence-electron chi connectivity index (χ1n) is 9.90. The predicted molar refractivity (Wildman–Crippen MR) is 109 cm³/mol. The van der Waals surface area contributed by atoms with E-state index in [1.807, 2.05) is 53.4 Å². The highest BCUT2D eigenvalue weighted by Gasteiger charge is 2.24. The minimum absolute atomic E-state index is 0.0946. The number of ether oxygens (including phenoxy) is 2. The summed E-state index contributed by atoms with van der Waals surface area (Å²) < 4.78 is 11.6. The van der Waals surface area contributed by atoms with E-state index >= 15 is 0 Å². The number of anilines is 1. The first kappa shape index (κ1) is 18.9. The highest BCUT2D eigenvalue weighted by Crippen LogP contribution is 2.30. The minimum atomic E-state index is -0.208. The molecular formula is C22H24N4O3. The van der Waals surface area contributed by atoms with Gasteiger partial charge in [0.2, 0.25) is 0 Å². The van der Waals surface area contributed by atoms with Gasteiger partial charge in [-0.2, -0.15) is 5.26 Å². The summed E-state index contributed by atoms with van der Waals surface area (Å²) in [5.74, 6) is 1.44. The molecule has 2 heterocycles. The topological polar surface area (TPSA) is 77.8 Å². The molecule has 2 aliphatic heterocycles. The number of rotatable bonds is 3. The van der Waals surface area contributed by atoms with Gasteiger partial charge in [0.1, 0.15) is 12.7 Å². The molecule has 2 aromatic rings. The van der Waals surface area contributed by atoms with Crippen molar-refractivity contribution in [3.05, 3.63) is 54.1 Å². The van der Waals surface area contributed by atoms with Crippen molar-refractivity contribution in [2.45, 2.75) is 12.5 Å². The molecule has 0 bridgehead atoms. The van der Waals surface area contributed by atoms with Crippen LogP contribution in [0.5, 0.6) is 11.5 Å². The Bertz CT molecular complexity index is 911. The molecule has 7 nitrogen and oxygen atoms in total. The number of nitriles is 1. The summed E-state index contributed by atoms with van der Waals surface area (Å²) in [6.07, 6.45) is 0.642. The lowest BCUT2D eigenvalue weighted by Crippen LogP contribution is -2.47. The number of benzene rings is 2. The number of hydrogen-bond acceptors (Lipinski definition) is 5. The van der Waals surface area contributed by atoms with Crippen molar-refractivity contribution in [3.63, 3.8) is 0 Å². The molecule has 150 valence electrons. The van der Waals surface area contributed by atoms with E-state index in [0.717, 1.165) is 24.4 Å². The van der Waals surface area contributed by atoms with E-state index in [1.54, 1.807) is 0 Å². The molecule has 1 fully saturated rings. The van der Waals surface area contributed by atoms with E-state index in [-0.39, 0.29) is 12.1 Å². The number of nitrogens with one attached hydrogen (secondary N) is 1. The van der Waals surface area contributed by atoms with Gasteiger partial charge in [0.25, 0.3) is 0 Å². The zero-order valence-corrected chi connectivity index (χ0v) is 16.2. The number of fused-ring (bicyclic) bond motifs is 1. The van der Waals surface area contributed by atoms with Gasteiger partial charge in [-0.15, -0.1) is 0 Å². The summed E-state index contributed by atoms with van der Waals surface area (Å²) in [6.45, 7) is 3.61. The van der Waals surface area contributed by atoms with Gasteiger partial charge in [0.15, 0.2) is 17.6 Å². The molecule has 0 aromatic heterocycles. The Hall–Kier alpha value is -3.40. The zero-order valence-electron chi connectivity index (χ0n) is 16.2. The van der Waals surface area contributed by atoms with Crippen LogP contribution in [0.1, 0.15) is 12.0 Å². The summed E-state index contributed by atoms with van der Waals surface area (Å²) in [6, 6.07) is 17.3. The normalized spacial score (nSPS) is 18.5. The van der Waals surface area contributed by atoms with E-state index < -0.39 is 0 Å². The second-order valence-corrected chi connectivity index (χ2v) is 7.14. The van der Waals surface area contributed by atoms with Crippen molar-refractivity contribution in [3.8, 4) is 17.6 Å². The van der Waals surface area contributed by atoms with E-state index in [9.17, 15) is 10.1 Å². The number of para-hydroxylation sites is 3. The van der Waals surface area contributed by atoms with Crippen LogP contribution in [0.3, 0.4) is 0 Å². The Morgan fingerprint density at radius 3 is 2.72 bits per heavy atom. The van der Waals surface area contributed by atoms with Crippen molar-refractivity contribution in [2.75, 3.05) is 44.2 Å². The number of carbonyl (C=O) groups excluding carboxylic acids is 1. The maximum atomic E-state index is 12.7. The van der Waals surface area contributed by atoms with Crippen molar-refractivity contribution < 1.29 is 14.3 Å². The average molecular weight is 392 g/mol. The molecule has 1 atom stereocenters. The highest BCUT2D eigenvalue weighted by atomic mass is 16.6. The van der Waals surface area contributed by atoms with Crippen molar-refractivity contribution in [1.29, 1.82) is 5.26 Å². The van der Waals surface area contributed by atoms with Gasteiger partial charge in [-0.25, -0.2) is 4.79 Å². The van der Waals surface area contributed by atoms with Gasteiger partial charge in [-0.1, -0.05) is 24.3 Å². The lowest BCUT2D eigenvalue weighted by molar-refractivity contribution is 0.0902. The van der Waals surface area contributed by atoms with Gasteiger partial charge < -0.3 is 24.6 Å². The van der Waals surface area contributed by atoms with Crippen molar-refractivity contribution in [2.24, 2.45) is 0 Å². The summed E-state index contributed by atoms with van der Waals surface area (Å²) in [4.78, 5) is 16.7. The fraction of sp³-hybridized carbons (Fsp3) is 0.364. The Morgan fingerprint density at radius 2 is 1.86 bits per heavy atom. The fourth-order valence-electron chi connectivity index (χ4n) is 3.68. The van der Waals surface area contributed by atoms with E-state index in [4.69, 9.17) is 9.47 Å². The second-order valence-electron chi connectivity index (χ2n) is 7.14. The molecule has 2 aliphatic rings. The van der Waals surface area contributed by atoms with Crippen LogP contribution in [0.2, 0.25) is 0 Å². The molecule has 0 unspecified atom stereocenters. The van der Waals surface area contributed by atoms with Crippen LogP contribution >= 0.6 is 0 Å². The molecule has 7 heteroatoms.